The van der Waals surface area contributed by atoms with Crippen molar-refractivity contribution in [2.75, 3.05) is 13.1 Å². The highest BCUT2D eigenvalue weighted by Crippen LogP contribution is 2.47. The number of hydrogen-bond acceptors (Lipinski definition) is 4. The second-order valence-corrected chi connectivity index (χ2v) is 15.9. The van der Waals surface area contributed by atoms with Crippen LogP contribution in [0.3, 0.4) is 0 Å². The van der Waals surface area contributed by atoms with Crippen molar-refractivity contribution >= 4 is 55.1 Å². The Hall–Kier alpha value is -2.06. The summed E-state index contributed by atoms with van der Waals surface area (Å²) in [5, 5.41) is 0. The minimum atomic E-state index is -0.140. The van der Waals surface area contributed by atoms with Gasteiger partial charge in [-0.2, -0.15) is 0 Å². The molecular weight excluding hydrogens is 756 g/mol. The number of halogens is 2. The monoisotopic (exact) mass is 816 g/mol. The van der Waals surface area contributed by atoms with E-state index in [4.69, 9.17) is 8.83 Å². The van der Waals surface area contributed by atoms with Gasteiger partial charge in [-0.15, -0.1) is 0 Å². The van der Waals surface area contributed by atoms with Gasteiger partial charge in [-0.05, 0) is 69.0 Å². The largest absolute Gasteiger partial charge is 0.448 e. The number of carbonyl (C=O) groups excluding carboxylic acids is 2. The van der Waals surface area contributed by atoms with E-state index in [0.717, 1.165) is 38.5 Å². The maximum atomic E-state index is 14.3. The van der Waals surface area contributed by atoms with Crippen LogP contribution in [0.15, 0.2) is 53.6 Å². The summed E-state index contributed by atoms with van der Waals surface area (Å²) in [6, 6.07) is 7.35. The molecule has 278 valence electrons. The first kappa shape index (κ1) is 40.7. The number of carbonyl (C=O) groups is 2. The average molecular weight is 819 g/mol. The summed E-state index contributed by atoms with van der Waals surface area (Å²) >= 11 is 6.88. The number of furan rings is 2. The molecule has 6 nitrogen and oxygen atoms in total. The first-order chi connectivity index (χ1) is 24.5. The Kier molecular flexibility index (Phi) is 18.5. The molecule has 2 aromatic heterocycles. The molecule has 4 heterocycles. The molecule has 0 unspecified atom stereocenters. The number of hydrogen-bond donors (Lipinski definition) is 0. The van der Waals surface area contributed by atoms with Gasteiger partial charge in [-0.25, -0.2) is 0 Å². The number of fused-ring (bicyclic) bond motifs is 1. The van der Waals surface area contributed by atoms with Crippen molar-refractivity contribution in [2.24, 2.45) is 0 Å². The molecule has 8 heteroatoms. The van der Waals surface area contributed by atoms with Crippen molar-refractivity contribution in [3.8, 4) is 0 Å². The van der Waals surface area contributed by atoms with Crippen LogP contribution in [0.1, 0.15) is 179 Å². The number of nitrogens with zero attached hydrogens (tertiary/aromatic N) is 2. The predicted molar refractivity (Wildman–Crippen MR) is 212 cm³/mol. The summed E-state index contributed by atoms with van der Waals surface area (Å²) in [6.45, 7) is 5.64. The summed E-state index contributed by atoms with van der Waals surface area (Å²) < 4.78 is 13.2. The van der Waals surface area contributed by atoms with Crippen LogP contribution >= 0.6 is 31.9 Å². The van der Waals surface area contributed by atoms with Gasteiger partial charge in [0.25, 0.3) is 11.8 Å². The molecule has 0 radical (unpaired) electrons. The highest BCUT2D eigenvalue weighted by atomic mass is 79.9. The summed E-state index contributed by atoms with van der Waals surface area (Å²) in [5.41, 5.74) is 2.06. The fraction of sp³-hybridized carbons (Fsp3) is 0.667. The van der Waals surface area contributed by atoms with Gasteiger partial charge in [-0.1, -0.05) is 155 Å². The molecule has 50 heavy (non-hydrogen) atoms. The topological polar surface area (TPSA) is 66.9 Å². The first-order valence-corrected chi connectivity index (χ1v) is 21.7. The molecule has 0 fully saturated rings. The standard InChI is InChI=1S/C42H62Br2N2O4/c1-3-5-7-9-11-13-15-17-19-21-23-25-31-45-39(33-27-29-35(43)49-33)37-38(41(45)47)40(34-28-30-36(44)50-34)46(42(37)48)32-26-24-22-20-18-16-14-12-10-8-6-4-2/h27-30H,3-26,31-32H2,1-2H3. The summed E-state index contributed by atoms with van der Waals surface area (Å²) in [5.74, 6) is 0.793. The molecule has 0 saturated heterocycles. The third-order valence-electron chi connectivity index (χ3n) is 10.3. The molecule has 2 aliphatic heterocycles. The lowest BCUT2D eigenvalue weighted by atomic mass is 10.1. The fourth-order valence-corrected chi connectivity index (χ4v) is 8.05. The van der Waals surface area contributed by atoms with E-state index in [2.05, 4.69) is 45.7 Å². The van der Waals surface area contributed by atoms with E-state index >= 15 is 0 Å². The van der Waals surface area contributed by atoms with Crippen LogP contribution in [0, 0.1) is 0 Å². The van der Waals surface area contributed by atoms with E-state index in [1.54, 1.807) is 9.80 Å². The smallest absolute Gasteiger partial charge is 0.261 e. The minimum Gasteiger partial charge on any atom is -0.448 e. The van der Waals surface area contributed by atoms with Gasteiger partial charge < -0.3 is 18.6 Å². The van der Waals surface area contributed by atoms with Crippen LogP contribution in [0.4, 0.5) is 0 Å². The second-order valence-electron chi connectivity index (χ2n) is 14.3. The maximum Gasteiger partial charge on any atom is 0.261 e. The van der Waals surface area contributed by atoms with Crippen LogP contribution in [0.25, 0.3) is 11.4 Å². The average Bonchev–Trinajstić information content (AvgIpc) is 3.87. The highest BCUT2D eigenvalue weighted by Gasteiger charge is 2.50. The molecule has 0 N–H and O–H groups in total. The van der Waals surface area contributed by atoms with E-state index < -0.39 is 0 Å². The number of rotatable bonds is 28. The van der Waals surface area contributed by atoms with E-state index in [9.17, 15) is 9.59 Å². The maximum absolute atomic E-state index is 14.3. The SMILES string of the molecule is CCCCCCCCCCCCCCN1C(=O)C2=C(c3ccc(Br)o3)N(CCCCCCCCCCCCCC)C(=O)C2=C1c1ccc(Br)o1. The Balaban J connectivity index is 1.35. The lowest BCUT2D eigenvalue weighted by Gasteiger charge is -2.23. The zero-order valence-electron chi connectivity index (χ0n) is 31.0. The van der Waals surface area contributed by atoms with Gasteiger partial charge in [0.2, 0.25) is 0 Å². The Morgan fingerprint density at radius 3 is 0.980 bits per heavy atom. The molecule has 2 aromatic rings. The molecule has 0 saturated carbocycles. The third-order valence-corrected chi connectivity index (χ3v) is 11.1. The molecular formula is C42H62Br2N2O4. The Bertz CT molecular complexity index is 1290. The second kappa shape index (κ2) is 22.8. The predicted octanol–water partition coefficient (Wildman–Crippen LogP) is 13.6. The number of unbranched alkanes of at least 4 members (excludes halogenated alkanes) is 22. The Morgan fingerprint density at radius 2 is 0.720 bits per heavy atom. The Labute approximate surface area is 319 Å². The van der Waals surface area contributed by atoms with Crippen molar-refractivity contribution in [1.29, 1.82) is 0 Å². The molecule has 2 aliphatic rings. The van der Waals surface area contributed by atoms with Gasteiger partial charge in [0, 0.05) is 13.1 Å². The van der Waals surface area contributed by atoms with Gasteiger partial charge in [-0.3, -0.25) is 9.59 Å². The minimum absolute atomic E-state index is 0.140. The van der Waals surface area contributed by atoms with Crippen LogP contribution in [0.5, 0.6) is 0 Å². The van der Waals surface area contributed by atoms with Gasteiger partial charge in [0.05, 0.1) is 11.1 Å². The zero-order valence-corrected chi connectivity index (χ0v) is 34.1. The Morgan fingerprint density at radius 1 is 0.440 bits per heavy atom. The quantitative estimate of drug-likeness (QED) is 0.0802. The molecule has 2 amide bonds. The zero-order chi connectivity index (χ0) is 35.6. The molecule has 4 rings (SSSR count). The molecule has 0 spiro atoms. The van der Waals surface area contributed by atoms with Gasteiger partial charge >= 0.3 is 0 Å². The van der Waals surface area contributed by atoms with Crippen molar-refractivity contribution < 1.29 is 18.4 Å². The lowest BCUT2D eigenvalue weighted by Crippen LogP contribution is -2.31. The van der Waals surface area contributed by atoms with E-state index in [-0.39, 0.29) is 11.8 Å². The van der Waals surface area contributed by atoms with Crippen LogP contribution in [0.2, 0.25) is 0 Å². The summed E-state index contributed by atoms with van der Waals surface area (Å²) in [6.07, 6.45) is 30.1. The van der Waals surface area contributed by atoms with Crippen molar-refractivity contribution in [3.05, 3.63) is 56.3 Å². The van der Waals surface area contributed by atoms with Crippen molar-refractivity contribution in [1.82, 2.24) is 9.80 Å². The van der Waals surface area contributed by atoms with E-state index in [1.807, 2.05) is 24.3 Å². The number of amides is 2. The summed E-state index contributed by atoms with van der Waals surface area (Å²) in [4.78, 5) is 32.2. The molecule has 0 bridgehead atoms. The highest BCUT2D eigenvalue weighted by molar-refractivity contribution is 9.10. The van der Waals surface area contributed by atoms with E-state index in [0.29, 0.717) is 56.5 Å². The third kappa shape index (κ3) is 12.0. The van der Waals surface area contributed by atoms with Crippen molar-refractivity contribution in [2.45, 2.75) is 168 Å². The molecule has 0 atom stereocenters. The van der Waals surface area contributed by atoms with Gasteiger partial charge in [0.15, 0.2) is 20.9 Å². The van der Waals surface area contributed by atoms with E-state index in [1.165, 1.54) is 116 Å². The van der Waals surface area contributed by atoms with Crippen LogP contribution in [-0.4, -0.2) is 34.7 Å². The lowest BCUT2D eigenvalue weighted by molar-refractivity contribution is -0.124. The van der Waals surface area contributed by atoms with Crippen molar-refractivity contribution in [3.63, 3.8) is 0 Å². The first-order valence-electron chi connectivity index (χ1n) is 20.1. The normalized spacial score (nSPS) is 14.7. The van der Waals surface area contributed by atoms with Crippen LogP contribution < -0.4 is 0 Å². The van der Waals surface area contributed by atoms with Gasteiger partial charge in [0.1, 0.15) is 11.4 Å². The molecule has 0 aliphatic carbocycles. The van der Waals surface area contributed by atoms with Crippen LogP contribution in [-0.2, 0) is 9.59 Å². The molecule has 0 aromatic carbocycles. The summed E-state index contributed by atoms with van der Waals surface area (Å²) in [7, 11) is 0. The fourth-order valence-electron chi connectivity index (χ4n) is 7.44.